The predicted molar refractivity (Wildman–Crippen MR) is 73.3 cm³/mol. The molecule has 0 aliphatic rings. The maximum Gasteiger partial charge on any atom is 0.224 e. The normalized spacial score (nSPS) is 10.5. The van der Waals surface area contributed by atoms with Gasteiger partial charge in [-0.25, -0.2) is 9.67 Å². The van der Waals surface area contributed by atoms with Gasteiger partial charge in [-0.2, -0.15) is 10.1 Å². The van der Waals surface area contributed by atoms with E-state index in [-0.39, 0.29) is 0 Å². The first-order valence-electron chi connectivity index (χ1n) is 5.17. The molecule has 0 amide bonds. The van der Waals surface area contributed by atoms with Gasteiger partial charge >= 0.3 is 0 Å². The summed E-state index contributed by atoms with van der Waals surface area (Å²) in [5.41, 5.74) is 0. The molecule has 0 aromatic carbocycles. The fourth-order valence-electron chi connectivity index (χ4n) is 1.26. The molecule has 2 rings (SSSR count). The third-order valence-corrected chi connectivity index (χ3v) is 3.00. The van der Waals surface area contributed by atoms with Crippen molar-refractivity contribution in [2.75, 3.05) is 11.9 Å². The Morgan fingerprint density at radius 3 is 2.82 bits per heavy atom. The maximum atomic E-state index is 4.40. The van der Waals surface area contributed by atoms with Gasteiger partial charge in [0.15, 0.2) is 5.82 Å². The van der Waals surface area contributed by atoms with Crippen molar-refractivity contribution in [2.45, 2.75) is 13.3 Å². The van der Waals surface area contributed by atoms with Gasteiger partial charge in [-0.15, -0.1) is 0 Å². The Kier molecular flexibility index (Phi) is 4.11. The van der Waals surface area contributed by atoms with Gasteiger partial charge in [0.25, 0.3) is 0 Å². The second kappa shape index (κ2) is 5.59. The van der Waals surface area contributed by atoms with E-state index in [2.05, 4.69) is 59.2 Å². The highest BCUT2D eigenvalue weighted by atomic mass is 79.9. The highest BCUT2D eigenvalue weighted by Crippen LogP contribution is 2.20. The number of hydrogen-bond donors (Lipinski definition) is 1. The van der Waals surface area contributed by atoms with Crippen molar-refractivity contribution in [1.29, 1.82) is 0 Å². The Hall–Kier alpha value is -0.950. The van der Waals surface area contributed by atoms with Crippen LogP contribution < -0.4 is 5.32 Å². The minimum absolute atomic E-state index is 0.608. The van der Waals surface area contributed by atoms with E-state index in [4.69, 9.17) is 0 Å². The number of aromatic nitrogens is 4. The molecule has 0 radical (unpaired) electrons. The van der Waals surface area contributed by atoms with Crippen LogP contribution in [-0.2, 0) is 0 Å². The van der Waals surface area contributed by atoms with Crippen LogP contribution in [0.4, 0.5) is 5.95 Å². The molecule has 0 fully saturated rings. The average molecular weight is 361 g/mol. The molecule has 2 aromatic heterocycles. The maximum absolute atomic E-state index is 4.40. The van der Waals surface area contributed by atoms with Gasteiger partial charge < -0.3 is 5.32 Å². The summed E-state index contributed by atoms with van der Waals surface area (Å²) < 4.78 is 3.40. The van der Waals surface area contributed by atoms with Gasteiger partial charge in [0.05, 0.1) is 15.1 Å². The van der Waals surface area contributed by atoms with Crippen LogP contribution in [0, 0.1) is 0 Å². The largest absolute Gasteiger partial charge is 0.354 e. The fraction of sp³-hybridized carbons (Fsp3) is 0.300. The third-order valence-electron chi connectivity index (χ3n) is 2.03. The number of anilines is 1. The molecule has 7 heteroatoms. The number of nitrogens with zero attached hydrogens (tertiary/aromatic N) is 4. The average Bonchev–Trinajstić information content (AvgIpc) is 2.75. The monoisotopic (exact) mass is 359 g/mol. The third kappa shape index (κ3) is 3.04. The van der Waals surface area contributed by atoms with Gasteiger partial charge in [0.1, 0.15) is 0 Å². The number of hydrogen-bond acceptors (Lipinski definition) is 4. The predicted octanol–water partition coefficient (Wildman–Crippen LogP) is 3.01. The zero-order valence-electron chi connectivity index (χ0n) is 9.19. The van der Waals surface area contributed by atoms with Crippen LogP contribution in [0.1, 0.15) is 13.3 Å². The summed E-state index contributed by atoms with van der Waals surface area (Å²) >= 11 is 6.77. The Morgan fingerprint density at radius 1 is 1.35 bits per heavy atom. The summed E-state index contributed by atoms with van der Waals surface area (Å²) in [6.07, 6.45) is 6.31. The first-order valence-corrected chi connectivity index (χ1v) is 6.76. The lowest BCUT2D eigenvalue weighted by Gasteiger charge is -2.07. The minimum Gasteiger partial charge on any atom is -0.354 e. The number of nitrogens with one attached hydrogen (secondary N) is 1. The van der Waals surface area contributed by atoms with Crippen LogP contribution in [0.5, 0.6) is 0 Å². The van der Waals surface area contributed by atoms with Crippen molar-refractivity contribution in [3.05, 3.63) is 27.5 Å². The van der Waals surface area contributed by atoms with E-state index in [1.54, 1.807) is 17.1 Å². The van der Waals surface area contributed by atoms with E-state index >= 15 is 0 Å². The Labute approximate surface area is 116 Å². The highest BCUT2D eigenvalue weighted by molar-refractivity contribution is 9.10. The van der Waals surface area contributed by atoms with E-state index in [9.17, 15) is 0 Å². The second-order valence-corrected chi connectivity index (χ2v) is 5.17. The molecule has 0 bridgehead atoms. The molecule has 2 heterocycles. The molecule has 17 heavy (non-hydrogen) atoms. The lowest BCUT2D eigenvalue weighted by atomic mass is 10.5. The van der Waals surface area contributed by atoms with E-state index in [1.807, 2.05) is 6.20 Å². The van der Waals surface area contributed by atoms with Gasteiger partial charge in [0.2, 0.25) is 5.95 Å². The molecular formula is C10H11Br2N5. The van der Waals surface area contributed by atoms with Gasteiger partial charge in [-0.05, 0) is 38.3 Å². The zero-order valence-corrected chi connectivity index (χ0v) is 12.4. The number of halogens is 2. The van der Waals surface area contributed by atoms with Gasteiger partial charge in [-0.1, -0.05) is 6.92 Å². The van der Waals surface area contributed by atoms with Crippen LogP contribution >= 0.6 is 31.9 Å². The van der Waals surface area contributed by atoms with E-state index < -0.39 is 0 Å². The molecule has 1 N–H and O–H groups in total. The van der Waals surface area contributed by atoms with Crippen molar-refractivity contribution in [2.24, 2.45) is 0 Å². The van der Waals surface area contributed by atoms with Crippen LogP contribution in [0.15, 0.2) is 27.5 Å². The summed E-state index contributed by atoms with van der Waals surface area (Å²) in [4.78, 5) is 8.59. The summed E-state index contributed by atoms with van der Waals surface area (Å²) in [5.74, 6) is 1.32. The SMILES string of the molecule is CCCNc1ncc(Br)c(-n2cc(Br)cn2)n1. The van der Waals surface area contributed by atoms with Gasteiger partial charge in [-0.3, -0.25) is 0 Å². The zero-order chi connectivity index (χ0) is 12.3. The molecule has 2 aromatic rings. The molecular weight excluding hydrogens is 350 g/mol. The molecule has 5 nitrogen and oxygen atoms in total. The lowest BCUT2D eigenvalue weighted by molar-refractivity contribution is 0.830. The quantitative estimate of drug-likeness (QED) is 0.910. The summed E-state index contributed by atoms with van der Waals surface area (Å²) in [5, 5.41) is 7.33. The van der Waals surface area contributed by atoms with Crippen molar-refractivity contribution in [1.82, 2.24) is 19.7 Å². The van der Waals surface area contributed by atoms with Crippen LogP contribution in [0.25, 0.3) is 5.82 Å². The molecule has 0 aliphatic carbocycles. The van der Waals surface area contributed by atoms with Crippen LogP contribution in [0.2, 0.25) is 0 Å². The highest BCUT2D eigenvalue weighted by Gasteiger charge is 2.08. The van der Waals surface area contributed by atoms with Crippen LogP contribution in [0.3, 0.4) is 0 Å². The molecule has 0 atom stereocenters. The molecule has 0 aliphatic heterocycles. The number of rotatable bonds is 4. The smallest absolute Gasteiger partial charge is 0.224 e. The summed E-state index contributed by atoms with van der Waals surface area (Å²) in [6, 6.07) is 0. The van der Waals surface area contributed by atoms with Crippen LogP contribution in [-0.4, -0.2) is 26.3 Å². The molecule has 0 spiro atoms. The molecule has 90 valence electrons. The second-order valence-electron chi connectivity index (χ2n) is 3.40. The van der Waals surface area contributed by atoms with E-state index in [1.165, 1.54) is 0 Å². The summed E-state index contributed by atoms with van der Waals surface area (Å²) in [7, 11) is 0. The fourth-order valence-corrected chi connectivity index (χ4v) is 1.92. The first-order chi connectivity index (χ1) is 8.20. The first kappa shape index (κ1) is 12.5. The Morgan fingerprint density at radius 2 is 2.18 bits per heavy atom. The molecule has 0 saturated heterocycles. The molecule has 0 saturated carbocycles. The topological polar surface area (TPSA) is 55.6 Å². The van der Waals surface area contributed by atoms with Crippen molar-refractivity contribution >= 4 is 37.8 Å². The standard InChI is InChI=1S/C10H11Br2N5/c1-2-3-13-10-14-5-8(12)9(16-10)17-6-7(11)4-15-17/h4-6H,2-3H2,1H3,(H,13,14,16). The van der Waals surface area contributed by atoms with E-state index in [0.29, 0.717) is 11.8 Å². The minimum atomic E-state index is 0.608. The molecule has 0 unspecified atom stereocenters. The Balaban J connectivity index is 2.32. The lowest BCUT2D eigenvalue weighted by Crippen LogP contribution is -2.07. The van der Waals surface area contributed by atoms with E-state index in [0.717, 1.165) is 21.9 Å². The van der Waals surface area contributed by atoms with Crippen molar-refractivity contribution in [3.8, 4) is 5.82 Å². The van der Waals surface area contributed by atoms with Gasteiger partial charge in [0, 0.05) is 18.9 Å². The van der Waals surface area contributed by atoms with Crippen molar-refractivity contribution in [3.63, 3.8) is 0 Å². The summed E-state index contributed by atoms with van der Waals surface area (Å²) in [6.45, 7) is 2.95. The van der Waals surface area contributed by atoms with Crippen molar-refractivity contribution < 1.29 is 0 Å². The Bertz CT molecular complexity index is 511.